The zero-order valence-electron chi connectivity index (χ0n) is 16.6. The average Bonchev–Trinajstić information content (AvgIpc) is 3.08. The van der Waals surface area contributed by atoms with Crippen LogP contribution in [0.1, 0.15) is 22.4 Å². The maximum absolute atomic E-state index is 5.38. The number of thiazole rings is 1. The van der Waals surface area contributed by atoms with Crippen molar-refractivity contribution < 1.29 is 9.47 Å². The number of aryl methyl sites for hydroxylation is 1. The van der Waals surface area contributed by atoms with Crippen LogP contribution in [-0.2, 0) is 13.0 Å². The monoisotopic (exact) mass is 504 g/mol. The Bertz CT molecular complexity index is 736. The van der Waals surface area contributed by atoms with Gasteiger partial charge < -0.3 is 19.7 Å². The highest BCUT2D eigenvalue weighted by atomic mass is 127. The number of rotatable bonds is 8. The number of nitrogens with one attached hydrogen (secondary N) is 1. The molecule has 0 fully saturated rings. The van der Waals surface area contributed by atoms with E-state index in [4.69, 9.17) is 14.5 Å². The molecule has 2 aromatic rings. The van der Waals surface area contributed by atoms with Crippen LogP contribution in [0.2, 0.25) is 0 Å². The molecule has 0 amide bonds. The fourth-order valence-electron chi connectivity index (χ4n) is 2.53. The van der Waals surface area contributed by atoms with Crippen LogP contribution >= 0.6 is 35.3 Å². The number of aromatic nitrogens is 1. The first kappa shape index (κ1) is 23.5. The van der Waals surface area contributed by atoms with Crippen LogP contribution in [0.4, 0.5) is 0 Å². The predicted molar refractivity (Wildman–Crippen MR) is 123 cm³/mol. The standard InChI is InChI=1S/C19H28N4O2S.HI/c1-6-20-19(22-13-18-21-12-14(2)26-18)23(3)10-9-15-7-8-16(24-4)17(11-15)25-5;/h7-8,11-12H,6,9-10,13H2,1-5H3,(H,20,22);1H. The summed E-state index contributed by atoms with van der Waals surface area (Å²) in [6.07, 6.45) is 2.78. The van der Waals surface area contributed by atoms with Crippen molar-refractivity contribution >= 4 is 41.3 Å². The van der Waals surface area contributed by atoms with Crippen molar-refractivity contribution in [3.05, 3.63) is 39.8 Å². The number of benzene rings is 1. The fraction of sp³-hybridized carbons (Fsp3) is 0.474. The van der Waals surface area contributed by atoms with E-state index in [1.807, 2.05) is 18.3 Å². The molecule has 1 heterocycles. The molecule has 0 spiro atoms. The van der Waals surface area contributed by atoms with Gasteiger partial charge in [0, 0.05) is 31.2 Å². The molecule has 0 unspecified atom stereocenters. The first-order valence-corrected chi connectivity index (χ1v) is 9.50. The number of ether oxygens (including phenoxy) is 2. The summed E-state index contributed by atoms with van der Waals surface area (Å²) in [5.41, 5.74) is 1.20. The van der Waals surface area contributed by atoms with Gasteiger partial charge in [-0.3, -0.25) is 0 Å². The Hall–Kier alpha value is -1.55. The first-order valence-electron chi connectivity index (χ1n) is 8.69. The molecule has 2 rings (SSSR count). The number of guanidine groups is 1. The summed E-state index contributed by atoms with van der Waals surface area (Å²) in [5, 5.41) is 4.38. The van der Waals surface area contributed by atoms with Gasteiger partial charge in [0.25, 0.3) is 0 Å². The van der Waals surface area contributed by atoms with E-state index in [0.717, 1.165) is 42.0 Å². The number of hydrogen-bond donors (Lipinski definition) is 1. The Morgan fingerprint density at radius 3 is 2.59 bits per heavy atom. The quantitative estimate of drug-likeness (QED) is 0.338. The number of nitrogens with zero attached hydrogens (tertiary/aromatic N) is 3. The van der Waals surface area contributed by atoms with Gasteiger partial charge in [0.2, 0.25) is 0 Å². The molecule has 1 aromatic carbocycles. The number of likely N-dealkylation sites (N-methyl/N-ethyl adjacent to an activating group) is 1. The Balaban J connectivity index is 0.00000364. The summed E-state index contributed by atoms with van der Waals surface area (Å²) in [5.74, 6) is 2.39. The van der Waals surface area contributed by atoms with E-state index in [0.29, 0.717) is 6.54 Å². The Morgan fingerprint density at radius 1 is 1.26 bits per heavy atom. The van der Waals surface area contributed by atoms with Gasteiger partial charge in [-0.05, 0) is 38.0 Å². The second-order valence-electron chi connectivity index (χ2n) is 5.90. The molecule has 0 aliphatic carbocycles. The molecule has 8 heteroatoms. The lowest BCUT2D eigenvalue weighted by atomic mass is 10.1. The van der Waals surface area contributed by atoms with E-state index in [2.05, 4.69) is 42.2 Å². The lowest BCUT2D eigenvalue weighted by Gasteiger charge is -2.22. The van der Waals surface area contributed by atoms with E-state index in [-0.39, 0.29) is 24.0 Å². The number of halogens is 1. The Labute approximate surface area is 183 Å². The van der Waals surface area contributed by atoms with Crippen molar-refractivity contribution in [1.29, 1.82) is 0 Å². The molecule has 0 aliphatic heterocycles. The summed E-state index contributed by atoms with van der Waals surface area (Å²) in [7, 11) is 5.35. The van der Waals surface area contributed by atoms with E-state index in [9.17, 15) is 0 Å². The Morgan fingerprint density at radius 2 is 2.00 bits per heavy atom. The molecule has 1 N–H and O–H groups in total. The summed E-state index contributed by atoms with van der Waals surface area (Å²) in [4.78, 5) is 12.4. The van der Waals surface area contributed by atoms with Crippen molar-refractivity contribution in [2.45, 2.75) is 26.8 Å². The third-order valence-corrected chi connectivity index (χ3v) is 4.81. The van der Waals surface area contributed by atoms with E-state index >= 15 is 0 Å². The second-order valence-corrected chi connectivity index (χ2v) is 7.22. The van der Waals surface area contributed by atoms with Gasteiger partial charge in [-0.15, -0.1) is 35.3 Å². The molecular weight excluding hydrogens is 475 g/mol. The molecular formula is C19H29IN4O2S. The highest BCUT2D eigenvalue weighted by Crippen LogP contribution is 2.27. The predicted octanol–water partition coefficient (Wildman–Crippen LogP) is 3.73. The van der Waals surface area contributed by atoms with Crippen LogP contribution in [0, 0.1) is 6.92 Å². The van der Waals surface area contributed by atoms with Crippen molar-refractivity contribution in [3.8, 4) is 11.5 Å². The minimum atomic E-state index is 0. The minimum absolute atomic E-state index is 0. The SMILES string of the molecule is CCNC(=NCc1ncc(C)s1)N(C)CCc1ccc(OC)c(OC)c1.I. The van der Waals surface area contributed by atoms with Gasteiger partial charge in [0.1, 0.15) is 5.01 Å². The summed E-state index contributed by atoms with van der Waals surface area (Å²) in [6, 6.07) is 6.03. The van der Waals surface area contributed by atoms with Crippen LogP contribution in [0.25, 0.3) is 0 Å². The molecule has 0 bridgehead atoms. The van der Waals surface area contributed by atoms with Gasteiger partial charge in [-0.25, -0.2) is 9.98 Å². The smallest absolute Gasteiger partial charge is 0.194 e. The highest BCUT2D eigenvalue weighted by molar-refractivity contribution is 14.0. The van der Waals surface area contributed by atoms with Gasteiger partial charge in [0.15, 0.2) is 17.5 Å². The summed E-state index contributed by atoms with van der Waals surface area (Å²) < 4.78 is 10.7. The van der Waals surface area contributed by atoms with Crippen molar-refractivity contribution in [2.75, 3.05) is 34.4 Å². The minimum Gasteiger partial charge on any atom is -0.493 e. The molecule has 6 nitrogen and oxygen atoms in total. The van der Waals surface area contributed by atoms with E-state index in [1.54, 1.807) is 25.6 Å². The van der Waals surface area contributed by atoms with Crippen LogP contribution in [0.5, 0.6) is 11.5 Å². The van der Waals surface area contributed by atoms with Crippen molar-refractivity contribution in [1.82, 2.24) is 15.2 Å². The molecule has 150 valence electrons. The van der Waals surface area contributed by atoms with Crippen molar-refractivity contribution in [3.63, 3.8) is 0 Å². The van der Waals surface area contributed by atoms with Gasteiger partial charge in [0.05, 0.1) is 20.8 Å². The zero-order chi connectivity index (χ0) is 18.9. The lowest BCUT2D eigenvalue weighted by molar-refractivity contribution is 0.354. The first-order chi connectivity index (χ1) is 12.6. The maximum Gasteiger partial charge on any atom is 0.194 e. The molecule has 0 saturated carbocycles. The highest BCUT2D eigenvalue weighted by Gasteiger charge is 2.09. The largest absolute Gasteiger partial charge is 0.493 e. The number of hydrogen-bond acceptors (Lipinski definition) is 5. The molecule has 27 heavy (non-hydrogen) atoms. The molecule has 0 aliphatic rings. The second kappa shape index (κ2) is 12.0. The summed E-state index contributed by atoms with van der Waals surface area (Å²) in [6.45, 7) is 6.41. The maximum atomic E-state index is 5.38. The summed E-state index contributed by atoms with van der Waals surface area (Å²) >= 11 is 1.69. The lowest BCUT2D eigenvalue weighted by Crippen LogP contribution is -2.39. The third-order valence-electron chi connectivity index (χ3n) is 3.91. The zero-order valence-corrected chi connectivity index (χ0v) is 19.8. The normalized spacial score (nSPS) is 10.9. The molecule has 0 atom stereocenters. The van der Waals surface area contributed by atoms with E-state index < -0.39 is 0 Å². The molecule has 0 radical (unpaired) electrons. The fourth-order valence-corrected chi connectivity index (χ4v) is 3.24. The number of methoxy groups -OCH3 is 2. The molecule has 0 saturated heterocycles. The van der Waals surface area contributed by atoms with Crippen molar-refractivity contribution in [2.24, 2.45) is 4.99 Å². The molecule has 1 aromatic heterocycles. The van der Waals surface area contributed by atoms with Gasteiger partial charge in [-0.1, -0.05) is 6.07 Å². The van der Waals surface area contributed by atoms with Crippen LogP contribution < -0.4 is 14.8 Å². The topological polar surface area (TPSA) is 59.0 Å². The average molecular weight is 504 g/mol. The van der Waals surface area contributed by atoms with Gasteiger partial charge >= 0.3 is 0 Å². The van der Waals surface area contributed by atoms with E-state index in [1.165, 1.54) is 10.4 Å². The van der Waals surface area contributed by atoms with Crippen LogP contribution in [-0.4, -0.2) is 50.2 Å². The van der Waals surface area contributed by atoms with Crippen LogP contribution in [0.3, 0.4) is 0 Å². The number of aliphatic imine (C=N–C) groups is 1. The third kappa shape index (κ3) is 7.17. The Kier molecular flexibility index (Phi) is 10.5. The van der Waals surface area contributed by atoms with Gasteiger partial charge in [-0.2, -0.15) is 0 Å². The van der Waals surface area contributed by atoms with Crippen LogP contribution in [0.15, 0.2) is 29.4 Å².